The highest BCUT2D eigenvalue weighted by atomic mass is 32.2. The van der Waals surface area contributed by atoms with Crippen molar-refractivity contribution in [2.75, 3.05) is 26.4 Å². The second-order valence-electron chi connectivity index (χ2n) is 8.11. The minimum Gasteiger partial charge on any atom is -0.344 e. The fraction of sp³-hybridized carbons (Fsp3) is 0.650. The number of nitrogens with one attached hydrogen (secondary N) is 2. The summed E-state index contributed by atoms with van der Waals surface area (Å²) in [5, 5.41) is 0. The van der Waals surface area contributed by atoms with Gasteiger partial charge in [0.25, 0.3) is 0 Å². The van der Waals surface area contributed by atoms with Gasteiger partial charge in [-0.15, -0.1) is 0 Å². The van der Waals surface area contributed by atoms with Crippen molar-refractivity contribution >= 4 is 15.9 Å². The zero-order valence-corrected chi connectivity index (χ0v) is 17.9. The van der Waals surface area contributed by atoms with Gasteiger partial charge in [-0.05, 0) is 49.8 Å². The molecule has 0 bridgehead atoms. The number of nitrogens with zero attached hydrogens (tertiary/aromatic N) is 2. The second kappa shape index (κ2) is 9.51. The van der Waals surface area contributed by atoms with E-state index in [0.717, 1.165) is 37.7 Å². The maximum absolute atomic E-state index is 13.1. The van der Waals surface area contributed by atoms with Crippen LogP contribution in [0, 0.1) is 5.82 Å². The van der Waals surface area contributed by atoms with Crippen molar-refractivity contribution in [3.8, 4) is 0 Å². The number of halogens is 1. The van der Waals surface area contributed by atoms with Crippen LogP contribution in [-0.2, 0) is 14.8 Å². The van der Waals surface area contributed by atoms with Gasteiger partial charge < -0.3 is 4.90 Å². The summed E-state index contributed by atoms with van der Waals surface area (Å²) in [5.41, 5.74) is 7.58. The SMILES string of the molecule is CN(CCCC1CC(c2ccc(F)cc2)NN1)C(=O)C1CCCCN1S(C)(=O)=O. The highest BCUT2D eigenvalue weighted by Gasteiger charge is 2.35. The van der Waals surface area contributed by atoms with E-state index >= 15 is 0 Å². The van der Waals surface area contributed by atoms with Crippen molar-refractivity contribution in [2.45, 2.75) is 56.7 Å². The molecule has 2 saturated heterocycles. The lowest BCUT2D eigenvalue weighted by Gasteiger charge is -2.35. The molecule has 29 heavy (non-hydrogen) atoms. The molecule has 0 aromatic heterocycles. The number of carbonyl (C=O) groups excluding carboxylic acids is 1. The van der Waals surface area contributed by atoms with Crippen molar-refractivity contribution < 1.29 is 17.6 Å². The van der Waals surface area contributed by atoms with Crippen molar-refractivity contribution in [1.82, 2.24) is 20.1 Å². The first-order chi connectivity index (χ1) is 13.8. The molecule has 162 valence electrons. The number of benzene rings is 1. The monoisotopic (exact) mass is 426 g/mol. The molecule has 2 aliphatic rings. The summed E-state index contributed by atoms with van der Waals surface area (Å²) < 4.78 is 38.4. The van der Waals surface area contributed by atoms with Crippen LogP contribution in [0.5, 0.6) is 0 Å². The van der Waals surface area contributed by atoms with E-state index in [1.807, 2.05) is 0 Å². The van der Waals surface area contributed by atoms with Crippen molar-refractivity contribution in [3.63, 3.8) is 0 Å². The third kappa shape index (κ3) is 5.75. The van der Waals surface area contributed by atoms with Crippen LogP contribution in [0.3, 0.4) is 0 Å². The van der Waals surface area contributed by atoms with E-state index in [2.05, 4.69) is 10.9 Å². The molecule has 1 aromatic carbocycles. The van der Waals surface area contributed by atoms with E-state index in [9.17, 15) is 17.6 Å². The van der Waals surface area contributed by atoms with Crippen molar-refractivity contribution in [3.05, 3.63) is 35.6 Å². The Morgan fingerprint density at radius 3 is 2.66 bits per heavy atom. The highest BCUT2D eigenvalue weighted by Crippen LogP contribution is 2.25. The predicted molar refractivity (Wildman–Crippen MR) is 110 cm³/mol. The molecule has 9 heteroatoms. The maximum Gasteiger partial charge on any atom is 0.240 e. The van der Waals surface area contributed by atoms with Gasteiger partial charge in [-0.3, -0.25) is 15.6 Å². The first-order valence-corrected chi connectivity index (χ1v) is 12.1. The number of hydrogen-bond donors (Lipinski definition) is 2. The Labute approximate surface area is 172 Å². The van der Waals surface area contributed by atoms with E-state index in [0.29, 0.717) is 19.5 Å². The van der Waals surface area contributed by atoms with E-state index in [1.165, 1.54) is 22.7 Å². The Bertz CT molecular complexity index is 802. The lowest BCUT2D eigenvalue weighted by molar-refractivity contribution is -0.135. The fourth-order valence-corrected chi connectivity index (χ4v) is 5.33. The number of hydrogen-bond acceptors (Lipinski definition) is 5. The molecular formula is C20H31FN4O3S. The molecule has 1 aromatic rings. The van der Waals surface area contributed by atoms with Gasteiger partial charge in [-0.2, -0.15) is 4.31 Å². The largest absolute Gasteiger partial charge is 0.344 e. The summed E-state index contributed by atoms with van der Waals surface area (Å²) in [7, 11) is -1.63. The van der Waals surface area contributed by atoms with Gasteiger partial charge in [0.05, 0.1) is 6.26 Å². The smallest absolute Gasteiger partial charge is 0.240 e. The van der Waals surface area contributed by atoms with Crippen LogP contribution in [0.15, 0.2) is 24.3 Å². The van der Waals surface area contributed by atoms with Crippen molar-refractivity contribution in [2.24, 2.45) is 0 Å². The molecule has 2 fully saturated rings. The zero-order chi connectivity index (χ0) is 21.0. The summed E-state index contributed by atoms with van der Waals surface area (Å²) in [6.45, 7) is 1.01. The third-order valence-electron chi connectivity index (χ3n) is 5.84. The van der Waals surface area contributed by atoms with E-state index in [1.54, 1.807) is 24.1 Å². The number of piperidine rings is 1. The van der Waals surface area contributed by atoms with Gasteiger partial charge >= 0.3 is 0 Å². The highest BCUT2D eigenvalue weighted by molar-refractivity contribution is 7.88. The van der Waals surface area contributed by atoms with Crippen LogP contribution in [0.4, 0.5) is 4.39 Å². The molecule has 2 heterocycles. The van der Waals surface area contributed by atoms with Gasteiger partial charge in [-0.1, -0.05) is 18.6 Å². The molecule has 3 rings (SSSR count). The van der Waals surface area contributed by atoms with Gasteiger partial charge in [0.1, 0.15) is 11.9 Å². The molecule has 7 nitrogen and oxygen atoms in total. The molecule has 3 unspecified atom stereocenters. The van der Waals surface area contributed by atoms with E-state index in [4.69, 9.17) is 0 Å². The quantitative estimate of drug-likeness (QED) is 0.695. The van der Waals surface area contributed by atoms with E-state index in [-0.39, 0.29) is 23.8 Å². The summed E-state index contributed by atoms with van der Waals surface area (Å²) >= 11 is 0. The predicted octanol–water partition coefficient (Wildman–Crippen LogP) is 1.79. The van der Waals surface area contributed by atoms with E-state index < -0.39 is 16.1 Å². The molecule has 2 N–H and O–H groups in total. The minimum absolute atomic E-state index is 0.114. The van der Waals surface area contributed by atoms with Gasteiger partial charge in [-0.25, -0.2) is 12.8 Å². The van der Waals surface area contributed by atoms with Crippen LogP contribution in [0.2, 0.25) is 0 Å². The summed E-state index contributed by atoms with van der Waals surface area (Å²) in [6, 6.07) is 6.37. The number of hydrazine groups is 1. The van der Waals surface area contributed by atoms with Gasteiger partial charge in [0.2, 0.25) is 15.9 Å². The Kier molecular flexibility index (Phi) is 7.26. The Morgan fingerprint density at radius 2 is 1.97 bits per heavy atom. The standard InChI is InChI=1S/C20H31FN4O3S/c1-24(20(26)19-7-3-4-13-25(19)29(2,27)28)12-5-6-17-14-18(23-22-17)15-8-10-16(21)11-9-15/h8-11,17-19,22-23H,3-7,12-14H2,1-2H3. The molecule has 0 saturated carbocycles. The summed E-state index contributed by atoms with van der Waals surface area (Å²) in [5.74, 6) is -0.354. The van der Waals surface area contributed by atoms with Crippen LogP contribution in [0.25, 0.3) is 0 Å². The van der Waals surface area contributed by atoms with Crippen LogP contribution in [0.1, 0.15) is 50.1 Å². The normalized spacial score (nSPS) is 25.8. The number of carbonyl (C=O) groups is 1. The first-order valence-electron chi connectivity index (χ1n) is 10.2. The average molecular weight is 427 g/mol. The number of amides is 1. The van der Waals surface area contributed by atoms with Crippen LogP contribution >= 0.6 is 0 Å². The topological polar surface area (TPSA) is 81.8 Å². The lowest BCUT2D eigenvalue weighted by atomic mass is 9.99. The van der Waals surface area contributed by atoms with Crippen molar-refractivity contribution in [1.29, 1.82) is 0 Å². The summed E-state index contributed by atoms with van der Waals surface area (Å²) in [6.07, 6.45) is 6.05. The lowest BCUT2D eigenvalue weighted by Crippen LogP contribution is -2.52. The Balaban J connectivity index is 1.45. The second-order valence-corrected chi connectivity index (χ2v) is 10.0. The minimum atomic E-state index is -3.38. The van der Waals surface area contributed by atoms with Gasteiger partial charge in [0, 0.05) is 32.2 Å². The third-order valence-corrected chi connectivity index (χ3v) is 7.13. The molecular weight excluding hydrogens is 395 g/mol. The van der Waals surface area contributed by atoms with Gasteiger partial charge in [0.15, 0.2) is 0 Å². The number of sulfonamides is 1. The number of rotatable bonds is 7. The summed E-state index contributed by atoms with van der Waals surface area (Å²) in [4.78, 5) is 14.5. The molecule has 0 spiro atoms. The fourth-order valence-electron chi connectivity index (χ4n) is 4.21. The zero-order valence-electron chi connectivity index (χ0n) is 17.1. The average Bonchev–Trinajstić information content (AvgIpc) is 3.16. The molecule has 2 aliphatic heterocycles. The Hall–Kier alpha value is -1.55. The number of likely N-dealkylation sites (N-methyl/N-ethyl adjacent to an activating group) is 1. The first kappa shape index (κ1) is 22.1. The molecule has 3 atom stereocenters. The molecule has 0 radical (unpaired) electrons. The Morgan fingerprint density at radius 1 is 1.24 bits per heavy atom. The van der Waals surface area contributed by atoms with Crippen LogP contribution in [-0.4, -0.2) is 62.0 Å². The molecule has 1 amide bonds. The van der Waals surface area contributed by atoms with Crippen LogP contribution < -0.4 is 10.9 Å². The maximum atomic E-state index is 13.1. The molecule has 0 aliphatic carbocycles.